The fourth-order valence-electron chi connectivity index (χ4n) is 0.925. The molecule has 0 saturated carbocycles. The van der Waals surface area contributed by atoms with Gasteiger partial charge < -0.3 is 5.11 Å². The Kier molecular flexibility index (Phi) is 3.99. The van der Waals surface area contributed by atoms with Crippen LogP contribution >= 0.6 is 0 Å². The summed E-state index contributed by atoms with van der Waals surface area (Å²) >= 11 is 0. The van der Waals surface area contributed by atoms with Gasteiger partial charge in [-0.3, -0.25) is 0 Å². The number of aliphatic hydroxyl groups is 1. The average molecular weight is 181 g/mol. The molecule has 0 saturated heterocycles. The first-order valence-electron chi connectivity index (χ1n) is 3.46. The minimum atomic E-state index is -3.13. The average Bonchev–Trinajstić information content (AvgIpc) is 1.53. The molecule has 0 fully saturated rings. The normalized spacial score (nSPS) is 17.8. The zero-order valence-corrected chi connectivity index (χ0v) is 7.85. The van der Waals surface area contributed by atoms with Crippen LogP contribution in [0.3, 0.4) is 0 Å². The summed E-state index contributed by atoms with van der Waals surface area (Å²) in [6.07, 6.45) is 1.07. The van der Waals surface area contributed by atoms with Crippen molar-refractivity contribution in [1.82, 2.24) is 4.72 Å². The van der Waals surface area contributed by atoms with Gasteiger partial charge in [0.15, 0.2) is 0 Å². The van der Waals surface area contributed by atoms with Crippen molar-refractivity contribution in [3.8, 4) is 0 Å². The molecule has 0 amide bonds. The third-order valence-electron chi connectivity index (χ3n) is 1.11. The fourth-order valence-corrected chi connectivity index (χ4v) is 1.75. The van der Waals surface area contributed by atoms with Crippen molar-refractivity contribution in [3.05, 3.63) is 0 Å². The highest BCUT2D eigenvalue weighted by atomic mass is 32.2. The number of rotatable bonds is 4. The molecular formula is C6H15NO3S. The zero-order chi connectivity index (χ0) is 9.07. The van der Waals surface area contributed by atoms with E-state index in [1.54, 1.807) is 13.8 Å². The van der Waals surface area contributed by atoms with Crippen LogP contribution in [0.15, 0.2) is 0 Å². The molecule has 5 heteroatoms. The van der Waals surface area contributed by atoms with E-state index in [9.17, 15) is 8.42 Å². The van der Waals surface area contributed by atoms with E-state index in [2.05, 4.69) is 4.72 Å². The smallest absolute Gasteiger partial charge is 0.208 e. The number of hydrogen-bond acceptors (Lipinski definition) is 3. The first-order chi connectivity index (χ1) is 4.81. The molecule has 0 aliphatic carbocycles. The minimum Gasteiger partial charge on any atom is -0.393 e. The van der Waals surface area contributed by atoms with Crippen LogP contribution in [0.1, 0.15) is 20.3 Å². The summed E-state index contributed by atoms with van der Waals surface area (Å²) in [7, 11) is -3.13. The Balaban J connectivity index is 3.80. The summed E-state index contributed by atoms with van der Waals surface area (Å²) in [4.78, 5) is 0. The molecule has 0 aliphatic heterocycles. The summed E-state index contributed by atoms with van der Waals surface area (Å²) in [6.45, 7) is 3.34. The van der Waals surface area contributed by atoms with E-state index < -0.39 is 16.1 Å². The first-order valence-corrected chi connectivity index (χ1v) is 5.36. The van der Waals surface area contributed by atoms with E-state index in [1.807, 2.05) is 0 Å². The lowest BCUT2D eigenvalue weighted by atomic mass is 10.2. The van der Waals surface area contributed by atoms with E-state index in [-0.39, 0.29) is 6.04 Å². The van der Waals surface area contributed by atoms with Gasteiger partial charge >= 0.3 is 0 Å². The molecule has 2 atom stereocenters. The van der Waals surface area contributed by atoms with Crippen molar-refractivity contribution in [3.63, 3.8) is 0 Å². The first kappa shape index (κ1) is 10.9. The van der Waals surface area contributed by atoms with Crippen LogP contribution in [0, 0.1) is 0 Å². The van der Waals surface area contributed by atoms with Gasteiger partial charge in [0.2, 0.25) is 10.0 Å². The van der Waals surface area contributed by atoms with E-state index in [0.29, 0.717) is 6.42 Å². The van der Waals surface area contributed by atoms with E-state index in [1.165, 1.54) is 0 Å². The Morgan fingerprint density at radius 1 is 1.45 bits per heavy atom. The predicted molar refractivity (Wildman–Crippen MR) is 43.7 cm³/mol. The molecule has 0 aliphatic rings. The highest BCUT2D eigenvalue weighted by Gasteiger charge is 2.10. The molecule has 0 aromatic heterocycles. The van der Waals surface area contributed by atoms with Crippen LogP contribution < -0.4 is 4.72 Å². The molecule has 0 rings (SSSR count). The molecule has 2 unspecified atom stereocenters. The van der Waals surface area contributed by atoms with Crippen molar-refractivity contribution in [1.29, 1.82) is 0 Å². The van der Waals surface area contributed by atoms with Gasteiger partial charge in [0.1, 0.15) is 0 Å². The second-order valence-electron chi connectivity index (χ2n) is 2.88. The van der Waals surface area contributed by atoms with Crippen LogP contribution in [0.4, 0.5) is 0 Å². The second-order valence-corrected chi connectivity index (χ2v) is 4.66. The molecule has 0 aromatic rings. The predicted octanol–water partition coefficient (Wildman–Crippen LogP) is -0.305. The monoisotopic (exact) mass is 181 g/mol. The third kappa shape index (κ3) is 7.77. The Labute approximate surface area is 67.7 Å². The van der Waals surface area contributed by atoms with Crippen molar-refractivity contribution < 1.29 is 13.5 Å². The van der Waals surface area contributed by atoms with Gasteiger partial charge in [-0.2, -0.15) is 0 Å². The molecule has 11 heavy (non-hydrogen) atoms. The maximum atomic E-state index is 10.6. The molecule has 0 aromatic carbocycles. The summed E-state index contributed by atoms with van der Waals surface area (Å²) in [5.74, 6) is 0. The standard InChI is InChI=1S/C6H15NO3S/c1-5(4-6(2)8)7-11(3,9)10/h5-8H,4H2,1-3H3. The fraction of sp³-hybridized carbons (Fsp3) is 1.00. The molecular weight excluding hydrogens is 166 g/mol. The van der Waals surface area contributed by atoms with Gasteiger partial charge in [-0.15, -0.1) is 0 Å². The Bertz CT molecular complexity index is 198. The molecule has 2 N–H and O–H groups in total. The largest absolute Gasteiger partial charge is 0.393 e. The van der Waals surface area contributed by atoms with Gasteiger partial charge in [0.25, 0.3) is 0 Å². The van der Waals surface area contributed by atoms with Crippen LogP contribution in [0.2, 0.25) is 0 Å². The lowest BCUT2D eigenvalue weighted by Crippen LogP contribution is -2.33. The SMILES string of the molecule is CC(O)CC(C)NS(C)(=O)=O. The van der Waals surface area contributed by atoms with Crippen molar-refractivity contribution in [2.75, 3.05) is 6.26 Å². The van der Waals surface area contributed by atoms with E-state index in [0.717, 1.165) is 6.26 Å². The summed E-state index contributed by atoms with van der Waals surface area (Å²) in [5, 5.41) is 8.88. The van der Waals surface area contributed by atoms with E-state index >= 15 is 0 Å². The van der Waals surface area contributed by atoms with Crippen molar-refractivity contribution >= 4 is 10.0 Å². The minimum absolute atomic E-state index is 0.204. The summed E-state index contributed by atoms with van der Waals surface area (Å²) in [5.41, 5.74) is 0. The highest BCUT2D eigenvalue weighted by molar-refractivity contribution is 7.88. The molecule has 0 bridgehead atoms. The van der Waals surface area contributed by atoms with E-state index in [4.69, 9.17) is 5.11 Å². The van der Waals surface area contributed by atoms with Crippen LogP contribution in [-0.4, -0.2) is 31.9 Å². The third-order valence-corrected chi connectivity index (χ3v) is 1.94. The Morgan fingerprint density at radius 3 is 2.18 bits per heavy atom. The molecule has 4 nitrogen and oxygen atoms in total. The zero-order valence-electron chi connectivity index (χ0n) is 7.03. The van der Waals surface area contributed by atoms with Gasteiger partial charge in [0.05, 0.1) is 12.4 Å². The number of nitrogens with one attached hydrogen (secondary N) is 1. The van der Waals surface area contributed by atoms with Gasteiger partial charge in [-0.1, -0.05) is 0 Å². The van der Waals surface area contributed by atoms with Crippen LogP contribution in [-0.2, 0) is 10.0 Å². The van der Waals surface area contributed by atoms with Crippen LogP contribution in [0.5, 0.6) is 0 Å². The number of aliphatic hydroxyl groups excluding tert-OH is 1. The maximum Gasteiger partial charge on any atom is 0.208 e. The van der Waals surface area contributed by atoms with Gasteiger partial charge in [-0.05, 0) is 20.3 Å². The Morgan fingerprint density at radius 2 is 1.91 bits per heavy atom. The quantitative estimate of drug-likeness (QED) is 0.625. The number of sulfonamides is 1. The summed E-state index contributed by atoms with van der Waals surface area (Å²) < 4.78 is 23.6. The van der Waals surface area contributed by atoms with Gasteiger partial charge in [-0.25, -0.2) is 13.1 Å². The molecule has 0 radical (unpaired) electrons. The molecule has 68 valence electrons. The Hall–Kier alpha value is -0.130. The highest BCUT2D eigenvalue weighted by Crippen LogP contribution is 1.97. The maximum absolute atomic E-state index is 10.6. The molecule has 0 heterocycles. The summed E-state index contributed by atoms with van der Waals surface area (Å²) in [6, 6.07) is -0.204. The molecule has 0 spiro atoms. The number of hydrogen-bond donors (Lipinski definition) is 2. The lowest BCUT2D eigenvalue weighted by molar-refractivity contribution is 0.175. The second kappa shape index (κ2) is 4.04. The van der Waals surface area contributed by atoms with Crippen molar-refractivity contribution in [2.24, 2.45) is 0 Å². The van der Waals surface area contributed by atoms with Crippen LogP contribution in [0.25, 0.3) is 0 Å². The topological polar surface area (TPSA) is 66.4 Å². The lowest BCUT2D eigenvalue weighted by Gasteiger charge is -2.13. The van der Waals surface area contributed by atoms with Gasteiger partial charge in [0, 0.05) is 6.04 Å². The van der Waals surface area contributed by atoms with Crippen molar-refractivity contribution in [2.45, 2.75) is 32.4 Å².